The Hall–Kier alpha value is -0.130. The third-order valence-corrected chi connectivity index (χ3v) is 5.69. The van der Waals surface area contributed by atoms with Crippen molar-refractivity contribution in [2.24, 2.45) is 11.8 Å². The maximum atomic E-state index is 12.0. The molecule has 18 heavy (non-hydrogen) atoms. The molecule has 106 valence electrons. The molecule has 2 aliphatic rings. The molecule has 0 aromatic carbocycles. The molecule has 0 bridgehead atoms. The summed E-state index contributed by atoms with van der Waals surface area (Å²) in [6.07, 6.45) is 8.36. The van der Waals surface area contributed by atoms with Gasteiger partial charge in [-0.1, -0.05) is 19.3 Å². The van der Waals surface area contributed by atoms with Crippen LogP contribution in [-0.4, -0.2) is 33.8 Å². The van der Waals surface area contributed by atoms with E-state index >= 15 is 0 Å². The summed E-state index contributed by atoms with van der Waals surface area (Å²) >= 11 is 0. The molecule has 5 heteroatoms. The Morgan fingerprint density at radius 3 is 2.39 bits per heavy atom. The predicted octanol–water partition coefficient (Wildman–Crippen LogP) is 1.49. The molecule has 1 aliphatic carbocycles. The van der Waals surface area contributed by atoms with Gasteiger partial charge in [-0.05, 0) is 50.6 Å². The van der Waals surface area contributed by atoms with Crippen LogP contribution in [0.5, 0.6) is 0 Å². The molecule has 0 aromatic rings. The highest BCUT2D eigenvalue weighted by molar-refractivity contribution is 7.89. The van der Waals surface area contributed by atoms with Crippen molar-refractivity contribution in [3.05, 3.63) is 0 Å². The molecule has 0 spiro atoms. The van der Waals surface area contributed by atoms with E-state index in [2.05, 4.69) is 10.0 Å². The predicted molar refractivity (Wildman–Crippen MR) is 74.0 cm³/mol. The number of hydrogen-bond acceptors (Lipinski definition) is 3. The highest BCUT2D eigenvalue weighted by atomic mass is 32.2. The maximum Gasteiger partial charge on any atom is 0.211 e. The van der Waals surface area contributed by atoms with E-state index in [0.717, 1.165) is 25.9 Å². The lowest BCUT2D eigenvalue weighted by molar-refractivity contribution is 0.355. The van der Waals surface area contributed by atoms with E-state index in [-0.39, 0.29) is 0 Å². The highest BCUT2D eigenvalue weighted by Crippen LogP contribution is 2.23. The first-order chi connectivity index (χ1) is 8.66. The molecular weight excluding hydrogens is 248 g/mol. The maximum absolute atomic E-state index is 12.0. The van der Waals surface area contributed by atoms with Crippen LogP contribution in [0.25, 0.3) is 0 Å². The van der Waals surface area contributed by atoms with Gasteiger partial charge in [0.2, 0.25) is 10.0 Å². The summed E-state index contributed by atoms with van der Waals surface area (Å²) in [5.74, 6) is 1.16. The Labute approximate surface area is 111 Å². The van der Waals surface area contributed by atoms with Crippen LogP contribution in [0, 0.1) is 11.8 Å². The molecular formula is C13H26N2O2S. The van der Waals surface area contributed by atoms with E-state index in [1.165, 1.54) is 32.1 Å². The first-order valence-electron chi connectivity index (χ1n) is 7.34. The molecule has 1 atom stereocenters. The molecule has 1 aliphatic heterocycles. The van der Waals surface area contributed by atoms with Gasteiger partial charge in [0, 0.05) is 6.54 Å². The second-order valence-electron chi connectivity index (χ2n) is 5.85. The fourth-order valence-corrected chi connectivity index (χ4v) is 4.58. The van der Waals surface area contributed by atoms with E-state index in [0.29, 0.717) is 24.1 Å². The average Bonchev–Trinajstić information content (AvgIpc) is 2.38. The molecule has 2 N–H and O–H groups in total. The summed E-state index contributed by atoms with van der Waals surface area (Å²) in [7, 11) is -3.07. The highest BCUT2D eigenvalue weighted by Gasteiger charge is 2.22. The lowest BCUT2D eigenvalue weighted by Gasteiger charge is -2.24. The fourth-order valence-electron chi connectivity index (χ4n) is 3.07. The van der Waals surface area contributed by atoms with Gasteiger partial charge in [0.1, 0.15) is 0 Å². The van der Waals surface area contributed by atoms with Crippen molar-refractivity contribution in [2.45, 2.75) is 44.9 Å². The molecule has 1 heterocycles. The van der Waals surface area contributed by atoms with Gasteiger partial charge < -0.3 is 5.32 Å². The fraction of sp³-hybridized carbons (Fsp3) is 1.00. The van der Waals surface area contributed by atoms with Crippen molar-refractivity contribution < 1.29 is 8.42 Å². The third kappa shape index (κ3) is 4.86. The molecule has 0 aromatic heterocycles. The molecule has 2 fully saturated rings. The van der Waals surface area contributed by atoms with Crippen molar-refractivity contribution >= 4 is 10.0 Å². The van der Waals surface area contributed by atoms with Crippen LogP contribution in [0.4, 0.5) is 0 Å². The van der Waals surface area contributed by atoms with Gasteiger partial charge in [0.05, 0.1) is 5.75 Å². The topological polar surface area (TPSA) is 58.2 Å². The Bertz CT molecular complexity index is 331. The van der Waals surface area contributed by atoms with Crippen molar-refractivity contribution in [2.75, 3.05) is 25.4 Å². The summed E-state index contributed by atoms with van der Waals surface area (Å²) in [6, 6.07) is 0. The molecule has 0 radical (unpaired) electrons. The van der Waals surface area contributed by atoms with Crippen molar-refractivity contribution in [3.8, 4) is 0 Å². The lowest BCUT2D eigenvalue weighted by Crippen LogP contribution is -2.39. The number of sulfonamides is 1. The zero-order valence-electron chi connectivity index (χ0n) is 11.2. The van der Waals surface area contributed by atoms with Crippen LogP contribution < -0.4 is 10.0 Å². The summed E-state index contributed by atoms with van der Waals surface area (Å²) in [5.41, 5.74) is 0. The van der Waals surface area contributed by atoms with Gasteiger partial charge in [-0.2, -0.15) is 0 Å². The Balaban J connectivity index is 1.72. The standard InChI is InChI=1S/C13H26N2O2S/c16-18(17,11-13-7-4-8-14-9-13)15-10-12-5-2-1-3-6-12/h12-15H,1-11H2. The van der Waals surface area contributed by atoms with Crippen LogP contribution >= 0.6 is 0 Å². The van der Waals surface area contributed by atoms with Crippen molar-refractivity contribution in [1.29, 1.82) is 0 Å². The van der Waals surface area contributed by atoms with Crippen LogP contribution in [-0.2, 0) is 10.0 Å². The van der Waals surface area contributed by atoms with E-state index in [4.69, 9.17) is 0 Å². The first kappa shape index (κ1) is 14.3. The molecule has 1 unspecified atom stereocenters. The normalized spacial score (nSPS) is 27.2. The van der Waals surface area contributed by atoms with Gasteiger partial charge in [-0.25, -0.2) is 13.1 Å². The van der Waals surface area contributed by atoms with Crippen LogP contribution in [0.3, 0.4) is 0 Å². The minimum Gasteiger partial charge on any atom is -0.316 e. The molecule has 1 saturated heterocycles. The zero-order chi connectivity index (χ0) is 12.8. The number of rotatable bonds is 5. The summed E-state index contributed by atoms with van der Waals surface area (Å²) in [4.78, 5) is 0. The molecule has 1 saturated carbocycles. The Morgan fingerprint density at radius 2 is 1.72 bits per heavy atom. The van der Waals surface area contributed by atoms with Gasteiger partial charge in [-0.15, -0.1) is 0 Å². The lowest BCUT2D eigenvalue weighted by atomic mass is 9.90. The monoisotopic (exact) mass is 274 g/mol. The van der Waals surface area contributed by atoms with Gasteiger partial charge in [-0.3, -0.25) is 0 Å². The van der Waals surface area contributed by atoms with E-state index in [1.54, 1.807) is 0 Å². The van der Waals surface area contributed by atoms with Crippen LogP contribution in [0.1, 0.15) is 44.9 Å². The van der Waals surface area contributed by atoms with E-state index in [9.17, 15) is 8.42 Å². The largest absolute Gasteiger partial charge is 0.316 e. The van der Waals surface area contributed by atoms with E-state index in [1.807, 2.05) is 0 Å². The quantitative estimate of drug-likeness (QED) is 0.798. The molecule has 0 amide bonds. The Kier molecular flexibility index (Phi) is 5.45. The van der Waals surface area contributed by atoms with Crippen LogP contribution in [0.2, 0.25) is 0 Å². The SMILES string of the molecule is O=S(=O)(CC1CCCNC1)NCC1CCCCC1. The van der Waals surface area contributed by atoms with Gasteiger partial charge >= 0.3 is 0 Å². The summed E-state index contributed by atoms with van der Waals surface area (Å²) in [5, 5.41) is 3.27. The number of piperidine rings is 1. The average molecular weight is 274 g/mol. The van der Waals surface area contributed by atoms with Gasteiger partial charge in [0.15, 0.2) is 0 Å². The second kappa shape index (κ2) is 6.87. The Morgan fingerprint density at radius 1 is 1.00 bits per heavy atom. The van der Waals surface area contributed by atoms with Crippen LogP contribution in [0.15, 0.2) is 0 Å². The number of nitrogens with one attached hydrogen (secondary N) is 2. The van der Waals surface area contributed by atoms with E-state index < -0.39 is 10.0 Å². The zero-order valence-corrected chi connectivity index (χ0v) is 12.0. The molecule has 2 rings (SSSR count). The van der Waals surface area contributed by atoms with Gasteiger partial charge in [0.25, 0.3) is 0 Å². The third-order valence-electron chi connectivity index (χ3n) is 4.17. The van der Waals surface area contributed by atoms with Crippen molar-refractivity contribution in [1.82, 2.24) is 10.0 Å². The minimum atomic E-state index is -3.07. The summed E-state index contributed by atoms with van der Waals surface area (Å²) in [6.45, 7) is 2.54. The smallest absolute Gasteiger partial charge is 0.211 e. The van der Waals surface area contributed by atoms with Crippen molar-refractivity contribution in [3.63, 3.8) is 0 Å². The summed E-state index contributed by atoms with van der Waals surface area (Å²) < 4.78 is 26.8. The second-order valence-corrected chi connectivity index (χ2v) is 7.70. The minimum absolute atomic E-state index is 0.294. The molecule has 4 nitrogen and oxygen atoms in total. The first-order valence-corrected chi connectivity index (χ1v) is 8.99. The number of hydrogen-bond donors (Lipinski definition) is 2.